The van der Waals surface area contributed by atoms with Gasteiger partial charge in [-0.2, -0.15) is 0 Å². The van der Waals surface area contributed by atoms with Crippen molar-refractivity contribution in [1.82, 2.24) is 4.90 Å². The van der Waals surface area contributed by atoms with Gasteiger partial charge in [0.15, 0.2) is 0 Å². The molecule has 2 rings (SSSR count). The van der Waals surface area contributed by atoms with E-state index in [2.05, 4.69) is 11.0 Å². The molecule has 0 aliphatic carbocycles. The van der Waals surface area contributed by atoms with Gasteiger partial charge in [0, 0.05) is 0 Å². The lowest BCUT2D eigenvalue weighted by Gasteiger charge is -2.33. The van der Waals surface area contributed by atoms with Crippen LogP contribution in [0.25, 0.3) is 0 Å². The van der Waals surface area contributed by atoms with Crippen molar-refractivity contribution in [2.24, 2.45) is 5.73 Å². The highest BCUT2D eigenvalue weighted by molar-refractivity contribution is 5.05. The van der Waals surface area contributed by atoms with Gasteiger partial charge in [0.2, 0.25) is 0 Å². The first-order valence-electron chi connectivity index (χ1n) is 5.89. The third kappa shape index (κ3) is 2.61. The molecule has 0 aromatic carbocycles. The minimum absolute atomic E-state index is 0.394. The van der Waals surface area contributed by atoms with Gasteiger partial charge in [-0.3, -0.25) is 4.90 Å². The smallest absolute Gasteiger partial charge is 0.120 e. The minimum Gasteiger partial charge on any atom is -0.468 e. The predicted molar refractivity (Wildman–Crippen MR) is 60.5 cm³/mol. The number of likely N-dealkylation sites (tertiary alicyclic amines) is 1. The summed E-state index contributed by atoms with van der Waals surface area (Å²) in [5, 5.41) is 0. The fourth-order valence-corrected chi connectivity index (χ4v) is 2.37. The summed E-state index contributed by atoms with van der Waals surface area (Å²) < 4.78 is 5.50. The molecule has 3 heteroatoms. The third-order valence-electron chi connectivity index (χ3n) is 3.14. The molecule has 3 nitrogen and oxygen atoms in total. The van der Waals surface area contributed by atoms with Crippen LogP contribution in [0.5, 0.6) is 0 Å². The van der Waals surface area contributed by atoms with E-state index >= 15 is 0 Å². The van der Waals surface area contributed by atoms with Crippen LogP contribution in [-0.2, 0) is 0 Å². The average Bonchev–Trinajstić information content (AvgIpc) is 2.80. The van der Waals surface area contributed by atoms with E-state index in [0.29, 0.717) is 6.04 Å². The van der Waals surface area contributed by atoms with Crippen molar-refractivity contribution >= 4 is 0 Å². The van der Waals surface area contributed by atoms with Crippen LogP contribution in [0.1, 0.15) is 37.5 Å². The Morgan fingerprint density at radius 1 is 1.33 bits per heavy atom. The summed E-state index contributed by atoms with van der Waals surface area (Å²) in [5.74, 6) is 1.07. The Kier molecular flexibility index (Phi) is 3.80. The van der Waals surface area contributed by atoms with Crippen LogP contribution < -0.4 is 5.73 Å². The summed E-state index contributed by atoms with van der Waals surface area (Å²) in [4.78, 5) is 2.51. The van der Waals surface area contributed by atoms with Crippen molar-refractivity contribution in [1.29, 1.82) is 0 Å². The van der Waals surface area contributed by atoms with Crippen molar-refractivity contribution in [3.05, 3.63) is 24.2 Å². The molecule has 1 aromatic heterocycles. The second kappa shape index (κ2) is 5.33. The number of furan rings is 1. The normalized spacial score (nSPS) is 20.3. The van der Waals surface area contributed by atoms with Crippen LogP contribution in [0.2, 0.25) is 0 Å². The van der Waals surface area contributed by atoms with Crippen LogP contribution in [0.3, 0.4) is 0 Å². The lowest BCUT2D eigenvalue weighted by Crippen LogP contribution is -2.34. The van der Waals surface area contributed by atoms with Crippen molar-refractivity contribution in [3.8, 4) is 0 Å². The second-order valence-electron chi connectivity index (χ2n) is 4.21. The van der Waals surface area contributed by atoms with E-state index in [9.17, 15) is 0 Å². The van der Waals surface area contributed by atoms with E-state index < -0.39 is 0 Å². The third-order valence-corrected chi connectivity index (χ3v) is 3.14. The van der Waals surface area contributed by atoms with Crippen molar-refractivity contribution < 1.29 is 4.42 Å². The van der Waals surface area contributed by atoms with Gasteiger partial charge in [0.25, 0.3) is 0 Å². The zero-order chi connectivity index (χ0) is 10.5. The summed E-state index contributed by atoms with van der Waals surface area (Å²) in [7, 11) is 0. The van der Waals surface area contributed by atoms with Gasteiger partial charge in [-0.05, 0) is 51.0 Å². The molecule has 1 aliphatic rings. The van der Waals surface area contributed by atoms with Gasteiger partial charge in [0.1, 0.15) is 5.76 Å². The van der Waals surface area contributed by atoms with Crippen LogP contribution in [0, 0.1) is 0 Å². The number of nitrogens with zero attached hydrogens (tertiary/aromatic N) is 1. The number of piperidine rings is 1. The second-order valence-corrected chi connectivity index (χ2v) is 4.21. The largest absolute Gasteiger partial charge is 0.468 e. The van der Waals surface area contributed by atoms with E-state index in [4.69, 9.17) is 10.2 Å². The van der Waals surface area contributed by atoms with E-state index in [1.807, 2.05) is 6.07 Å². The van der Waals surface area contributed by atoms with Crippen LogP contribution in [0.15, 0.2) is 22.8 Å². The van der Waals surface area contributed by atoms with Crippen molar-refractivity contribution in [3.63, 3.8) is 0 Å². The Balaban J connectivity index is 2.04. The maximum Gasteiger partial charge on any atom is 0.120 e. The first-order chi connectivity index (χ1) is 7.42. The Morgan fingerprint density at radius 2 is 2.13 bits per heavy atom. The first-order valence-corrected chi connectivity index (χ1v) is 5.89. The number of rotatable bonds is 4. The maximum atomic E-state index is 5.67. The monoisotopic (exact) mass is 208 g/mol. The molecule has 0 spiro atoms. The summed E-state index contributed by atoms with van der Waals surface area (Å²) in [5.41, 5.74) is 5.67. The standard InChI is InChI=1S/C12H20N2O/c13-7-6-11(12-5-4-10-15-12)14-8-2-1-3-9-14/h4-5,10-11H,1-3,6-9,13H2. The van der Waals surface area contributed by atoms with Crippen molar-refractivity contribution in [2.75, 3.05) is 19.6 Å². The molecule has 0 amide bonds. The molecular weight excluding hydrogens is 188 g/mol. The molecule has 1 aromatic rings. The molecule has 2 N–H and O–H groups in total. The maximum absolute atomic E-state index is 5.67. The zero-order valence-corrected chi connectivity index (χ0v) is 9.19. The Hall–Kier alpha value is -0.800. The molecule has 1 unspecified atom stereocenters. The van der Waals surface area contributed by atoms with Gasteiger partial charge >= 0.3 is 0 Å². The zero-order valence-electron chi connectivity index (χ0n) is 9.19. The predicted octanol–water partition coefficient (Wildman–Crippen LogP) is 2.16. The molecule has 1 atom stereocenters. The lowest BCUT2D eigenvalue weighted by molar-refractivity contribution is 0.139. The fourth-order valence-electron chi connectivity index (χ4n) is 2.37. The van der Waals surface area contributed by atoms with E-state index in [1.165, 1.54) is 32.4 Å². The Bertz CT molecular complexity index is 265. The molecule has 0 bridgehead atoms. The summed E-state index contributed by atoms with van der Waals surface area (Å²) in [6, 6.07) is 4.42. The fraction of sp³-hybridized carbons (Fsp3) is 0.667. The number of nitrogens with two attached hydrogens (primary N) is 1. The molecule has 15 heavy (non-hydrogen) atoms. The molecule has 1 fully saturated rings. The topological polar surface area (TPSA) is 42.4 Å². The Labute approximate surface area is 91.2 Å². The first kappa shape index (κ1) is 10.7. The highest BCUT2D eigenvalue weighted by atomic mass is 16.3. The highest BCUT2D eigenvalue weighted by Gasteiger charge is 2.23. The summed E-state index contributed by atoms with van der Waals surface area (Å²) in [6.07, 6.45) is 6.73. The van der Waals surface area contributed by atoms with E-state index in [-0.39, 0.29) is 0 Å². The van der Waals surface area contributed by atoms with Gasteiger partial charge in [-0.15, -0.1) is 0 Å². The molecule has 1 saturated heterocycles. The minimum atomic E-state index is 0.394. The summed E-state index contributed by atoms with van der Waals surface area (Å²) in [6.45, 7) is 3.10. The molecular formula is C12H20N2O. The van der Waals surface area contributed by atoms with Gasteiger partial charge in [0.05, 0.1) is 12.3 Å². The van der Waals surface area contributed by atoms with Gasteiger partial charge in [-0.25, -0.2) is 0 Å². The quantitative estimate of drug-likeness (QED) is 0.824. The van der Waals surface area contributed by atoms with Crippen LogP contribution >= 0.6 is 0 Å². The van der Waals surface area contributed by atoms with E-state index in [1.54, 1.807) is 6.26 Å². The summed E-state index contributed by atoms with van der Waals surface area (Å²) >= 11 is 0. The highest BCUT2D eigenvalue weighted by Crippen LogP contribution is 2.27. The molecule has 1 aliphatic heterocycles. The molecule has 0 saturated carbocycles. The number of hydrogen-bond donors (Lipinski definition) is 1. The van der Waals surface area contributed by atoms with Gasteiger partial charge < -0.3 is 10.2 Å². The van der Waals surface area contributed by atoms with E-state index in [0.717, 1.165) is 18.7 Å². The van der Waals surface area contributed by atoms with Crippen LogP contribution in [0.4, 0.5) is 0 Å². The average molecular weight is 208 g/mol. The molecule has 0 radical (unpaired) electrons. The van der Waals surface area contributed by atoms with Gasteiger partial charge in [-0.1, -0.05) is 6.42 Å². The van der Waals surface area contributed by atoms with Crippen molar-refractivity contribution in [2.45, 2.75) is 31.7 Å². The molecule has 2 heterocycles. The number of hydrogen-bond acceptors (Lipinski definition) is 3. The molecule has 84 valence electrons. The Morgan fingerprint density at radius 3 is 2.73 bits per heavy atom. The SMILES string of the molecule is NCCC(c1ccco1)N1CCCCC1. The lowest BCUT2D eigenvalue weighted by atomic mass is 10.0. The van der Waals surface area contributed by atoms with Crippen LogP contribution in [-0.4, -0.2) is 24.5 Å².